The molecular formula is C13H22ClN3O. The van der Waals surface area contributed by atoms with E-state index in [1.54, 1.807) is 11.7 Å². The SMILES string of the molecule is CCC(CC)(CN)C(=O)Cc1c(C)nn(C)c1Cl. The number of hydrogen-bond donors (Lipinski definition) is 1. The van der Waals surface area contributed by atoms with Crippen LogP contribution in [0.3, 0.4) is 0 Å². The molecule has 0 aliphatic carbocycles. The van der Waals surface area contributed by atoms with Gasteiger partial charge in [-0.2, -0.15) is 5.10 Å². The molecule has 0 amide bonds. The fraction of sp³-hybridized carbons (Fsp3) is 0.692. The van der Waals surface area contributed by atoms with E-state index in [1.165, 1.54) is 0 Å². The van der Waals surface area contributed by atoms with E-state index in [0.29, 0.717) is 18.1 Å². The first kappa shape index (κ1) is 15.2. The number of ketones is 1. The van der Waals surface area contributed by atoms with Crippen molar-refractivity contribution in [3.8, 4) is 0 Å². The Morgan fingerprint density at radius 1 is 1.44 bits per heavy atom. The molecule has 18 heavy (non-hydrogen) atoms. The number of aromatic nitrogens is 2. The average Bonchev–Trinajstić information content (AvgIpc) is 2.59. The van der Waals surface area contributed by atoms with Crippen LogP contribution in [-0.2, 0) is 18.3 Å². The zero-order valence-corrected chi connectivity index (χ0v) is 12.3. The van der Waals surface area contributed by atoms with Gasteiger partial charge in [0, 0.05) is 31.0 Å². The Balaban J connectivity index is 3.00. The standard InChI is InChI=1S/C13H22ClN3O/c1-5-13(6-2,8-15)11(18)7-10-9(3)16-17(4)12(10)14/h5-8,15H2,1-4H3. The van der Waals surface area contributed by atoms with Gasteiger partial charge in [0.1, 0.15) is 10.9 Å². The van der Waals surface area contributed by atoms with Crippen molar-refractivity contribution in [3.63, 3.8) is 0 Å². The van der Waals surface area contributed by atoms with Crippen LogP contribution < -0.4 is 5.73 Å². The normalized spacial score (nSPS) is 11.9. The summed E-state index contributed by atoms with van der Waals surface area (Å²) < 4.78 is 1.60. The topological polar surface area (TPSA) is 60.9 Å². The summed E-state index contributed by atoms with van der Waals surface area (Å²) in [6.45, 7) is 6.27. The Bertz CT molecular complexity index is 427. The number of nitrogens with zero attached hydrogens (tertiary/aromatic N) is 2. The van der Waals surface area contributed by atoms with E-state index in [9.17, 15) is 4.79 Å². The van der Waals surface area contributed by atoms with E-state index >= 15 is 0 Å². The van der Waals surface area contributed by atoms with Gasteiger partial charge in [-0.3, -0.25) is 9.48 Å². The molecule has 0 aromatic carbocycles. The third-order valence-corrected chi connectivity index (χ3v) is 4.42. The Morgan fingerprint density at radius 2 is 2.00 bits per heavy atom. The third-order valence-electron chi connectivity index (χ3n) is 3.94. The second-order valence-corrected chi connectivity index (χ2v) is 5.13. The number of Topliss-reactive ketones (excluding diaryl/α,β-unsaturated/α-hetero) is 1. The van der Waals surface area contributed by atoms with Gasteiger partial charge >= 0.3 is 0 Å². The van der Waals surface area contributed by atoms with Crippen LogP contribution in [0, 0.1) is 12.3 Å². The van der Waals surface area contributed by atoms with Crippen molar-refractivity contribution in [2.45, 2.75) is 40.0 Å². The van der Waals surface area contributed by atoms with Crippen LogP contribution in [0.15, 0.2) is 0 Å². The fourth-order valence-corrected chi connectivity index (χ4v) is 2.51. The molecule has 1 heterocycles. The minimum atomic E-state index is -0.425. The largest absolute Gasteiger partial charge is 0.329 e. The predicted molar refractivity (Wildman–Crippen MR) is 73.7 cm³/mol. The summed E-state index contributed by atoms with van der Waals surface area (Å²) in [5.74, 6) is 0.160. The lowest BCUT2D eigenvalue weighted by molar-refractivity contribution is -0.128. The van der Waals surface area contributed by atoms with Crippen molar-refractivity contribution in [1.29, 1.82) is 0 Å². The van der Waals surface area contributed by atoms with Crippen LogP contribution in [-0.4, -0.2) is 22.1 Å². The maximum Gasteiger partial charge on any atom is 0.144 e. The summed E-state index contributed by atoms with van der Waals surface area (Å²) in [5, 5.41) is 4.77. The van der Waals surface area contributed by atoms with Gasteiger partial charge < -0.3 is 5.73 Å². The molecule has 4 nitrogen and oxygen atoms in total. The molecule has 0 radical (unpaired) electrons. The Hall–Kier alpha value is -0.870. The zero-order chi connectivity index (χ0) is 13.9. The quantitative estimate of drug-likeness (QED) is 0.863. The van der Waals surface area contributed by atoms with Crippen LogP contribution in [0.2, 0.25) is 5.15 Å². The van der Waals surface area contributed by atoms with Gasteiger partial charge in [-0.25, -0.2) is 0 Å². The van der Waals surface area contributed by atoms with E-state index < -0.39 is 5.41 Å². The third kappa shape index (κ3) is 2.59. The molecule has 5 heteroatoms. The van der Waals surface area contributed by atoms with Gasteiger partial charge in [-0.1, -0.05) is 25.4 Å². The van der Waals surface area contributed by atoms with E-state index in [-0.39, 0.29) is 5.78 Å². The number of carbonyl (C=O) groups is 1. The van der Waals surface area contributed by atoms with E-state index in [1.807, 2.05) is 20.8 Å². The Morgan fingerprint density at radius 3 is 2.33 bits per heavy atom. The van der Waals surface area contributed by atoms with Crippen molar-refractivity contribution >= 4 is 17.4 Å². The molecule has 0 saturated carbocycles. The summed E-state index contributed by atoms with van der Waals surface area (Å²) in [5.41, 5.74) is 7.00. The van der Waals surface area contributed by atoms with Gasteiger partial charge in [0.25, 0.3) is 0 Å². The monoisotopic (exact) mass is 271 g/mol. The fourth-order valence-electron chi connectivity index (χ4n) is 2.27. The molecule has 1 aromatic heterocycles. The van der Waals surface area contributed by atoms with E-state index in [0.717, 1.165) is 24.1 Å². The maximum atomic E-state index is 12.5. The molecule has 0 bridgehead atoms. The van der Waals surface area contributed by atoms with Gasteiger partial charge in [-0.15, -0.1) is 0 Å². The highest BCUT2D eigenvalue weighted by Crippen LogP contribution is 2.30. The van der Waals surface area contributed by atoms with Gasteiger partial charge in [0.05, 0.1) is 5.69 Å². The molecule has 0 aliphatic heterocycles. The van der Waals surface area contributed by atoms with Crippen LogP contribution in [0.5, 0.6) is 0 Å². The molecule has 0 fully saturated rings. The summed E-state index contributed by atoms with van der Waals surface area (Å²) in [6, 6.07) is 0. The summed E-state index contributed by atoms with van der Waals surface area (Å²) in [4.78, 5) is 12.5. The number of halogens is 1. The van der Waals surface area contributed by atoms with Crippen LogP contribution in [0.4, 0.5) is 0 Å². The molecular weight excluding hydrogens is 250 g/mol. The molecule has 1 rings (SSSR count). The van der Waals surface area contributed by atoms with Crippen molar-refractivity contribution in [1.82, 2.24) is 9.78 Å². The Labute approximate surface area is 113 Å². The first-order valence-corrected chi connectivity index (χ1v) is 6.71. The molecule has 1 aromatic rings. The lowest BCUT2D eigenvalue weighted by Gasteiger charge is -2.28. The maximum absolute atomic E-state index is 12.5. The highest BCUT2D eigenvalue weighted by molar-refractivity contribution is 6.30. The smallest absolute Gasteiger partial charge is 0.144 e. The molecule has 0 aliphatic rings. The molecule has 0 atom stereocenters. The number of nitrogens with two attached hydrogens (primary N) is 1. The van der Waals surface area contributed by atoms with Crippen LogP contribution >= 0.6 is 11.6 Å². The molecule has 0 unspecified atom stereocenters. The first-order valence-electron chi connectivity index (χ1n) is 6.33. The minimum Gasteiger partial charge on any atom is -0.329 e. The lowest BCUT2D eigenvalue weighted by atomic mass is 9.76. The molecule has 0 saturated heterocycles. The van der Waals surface area contributed by atoms with Crippen molar-refractivity contribution in [2.75, 3.05) is 6.54 Å². The average molecular weight is 272 g/mol. The van der Waals surface area contributed by atoms with E-state index in [4.69, 9.17) is 17.3 Å². The first-order chi connectivity index (χ1) is 8.41. The van der Waals surface area contributed by atoms with Crippen molar-refractivity contribution in [3.05, 3.63) is 16.4 Å². The highest BCUT2D eigenvalue weighted by atomic mass is 35.5. The predicted octanol–water partition coefficient (Wildman–Crippen LogP) is 2.26. The number of aryl methyl sites for hydroxylation is 2. The van der Waals surface area contributed by atoms with Crippen molar-refractivity contribution < 1.29 is 4.79 Å². The summed E-state index contributed by atoms with van der Waals surface area (Å²) in [7, 11) is 1.78. The van der Waals surface area contributed by atoms with Crippen LogP contribution in [0.25, 0.3) is 0 Å². The van der Waals surface area contributed by atoms with Crippen molar-refractivity contribution in [2.24, 2.45) is 18.2 Å². The van der Waals surface area contributed by atoms with Crippen LogP contribution in [0.1, 0.15) is 37.9 Å². The molecule has 102 valence electrons. The molecule has 0 spiro atoms. The number of hydrogen-bond acceptors (Lipinski definition) is 3. The minimum absolute atomic E-state index is 0.160. The summed E-state index contributed by atoms with van der Waals surface area (Å²) in [6.07, 6.45) is 1.84. The number of carbonyl (C=O) groups excluding carboxylic acids is 1. The second-order valence-electron chi connectivity index (χ2n) is 4.77. The highest BCUT2D eigenvalue weighted by Gasteiger charge is 2.33. The van der Waals surface area contributed by atoms with Gasteiger partial charge in [0.2, 0.25) is 0 Å². The van der Waals surface area contributed by atoms with E-state index in [2.05, 4.69) is 5.10 Å². The Kier molecular flexibility index (Phi) is 4.93. The van der Waals surface area contributed by atoms with Gasteiger partial charge in [-0.05, 0) is 19.8 Å². The zero-order valence-electron chi connectivity index (χ0n) is 11.6. The number of rotatable bonds is 6. The summed E-state index contributed by atoms with van der Waals surface area (Å²) >= 11 is 6.15. The van der Waals surface area contributed by atoms with Gasteiger partial charge in [0.15, 0.2) is 0 Å². The second kappa shape index (κ2) is 5.85. The lowest BCUT2D eigenvalue weighted by Crippen LogP contribution is -2.38. The molecule has 2 N–H and O–H groups in total.